The van der Waals surface area contributed by atoms with Gasteiger partial charge in [-0.1, -0.05) is 28.1 Å². The molecule has 1 aromatic heterocycles. The predicted molar refractivity (Wildman–Crippen MR) is 107 cm³/mol. The summed E-state index contributed by atoms with van der Waals surface area (Å²) in [5.74, 6) is -0.00736. The third-order valence-electron chi connectivity index (χ3n) is 4.16. The summed E-state index contributed by atoms with van der Waals surface area (Å²) in [6.45, 7) is 0.993. The first kappa shape index (κ1) is 17.7. The van der Waals surface area contributed by atoms with Crippen LogP contribution < -0.4 is 5.32 Å². The number of carbonyl (C=O) groups is 1. The number of aromatic nitrogens is 1. The van der Waals surface area contributed by atoms with Crippen molar-refractivity contribution in [3.63, 3.8) is 0 Å². The second-order valence-electron chi connectivity index (χ2n) is 6.48. The topological polar surface area (TPSA) is 48.1 Å². The van der Waals surface area contributed by atoms with E-state index in [4.69, 9.17) is 0 Å². The van der Waals surface area contributed by atoms with Gasteiger partial charge in [0.1, 0.15) is 0 Å². The molecular weight excluding hydrogens is 378 g/mol. The molecule has 0 saturated carbocycles. The highest BCUT2D eigenvalue weighted by Gasteiger charge is 2.08. The van der Waals surface area contributed by atoms with Crippen LogP contribution in [0.4, 0.5) is 5.69 Å². The van der Waals surface area contributed by atoms with Gasteiger partial charge in [-0.05, 0) is 62.0 Å². The van der Waals surface area contributed by atoms with E-state index in [1.807, 2.05) is 36.4 Å². The molecule has 1 heterocycles. The molecule has 130 valence electrons. The van der Waals surface area contributed by atoms with Crippen LogP contribution in [0.5, 0.6) is 0 Å². The van der Waals surface area contributed by atoms with Crippen molar-refractivity contribution in [2.24, 2.45) is 0 Å². The molecule has 0 unspecified atom stereocenters. The number of hydrogen-bond donors (Lipinski definition) is 2. The monoisotopic (exact) mass is 399 g/mol. The molecule has 3 aromatic rings. The van der Waals surface area contributed by atoms with Crippen molar-refractivity contribution < 1.29 is 4.79 Å². The lowest BCUT2D eigenvalue weighted by Crippen LogP contribution is -2.15. The SMILES string of the molecule is CN(C)CCc1c[nH]c2ccc(NC(=O)Cc3ccc(Br)cc3)cc12. The number of fused-ring (bicyclic) bond motifs is 1. The summed E-state index contributed by atoms with van der Waals surface area (Å²) in [7, 11) is 4.14. The molecule has 0 spiro atoms. The molecule has 4 nitrogen and oxygen atoms in total. The van der Waals surface area contributed by atoms with Gasteiger partial charge in [0.25, 0.3) is 0 Å². The molecule has 25 heavy (non-hydrogen) atoms. The second kappa shape index (κ2) is 7.85. The standard InChI is InChI=1S/C20H22BrN3O/c1-24(2)10-9-15-13-22-19-8-7-17(12-18(15)19)23-20(25)11-14-3-5-16(21)6-4-14/h3-8,12-13,22H,9-11H2,1-2H3,(H,23,25). The van der Waals surface area contributed by atoms with Gasteiger partial charge in [0.2, 0.25) is 5.91 Å². The van der Waals surface area contributed by atoms with Crippen LogP contribution in [0.25, 0.3) is 10.9 Å². The summed E-state index contributed by atoms with van der Waals surface area (Å²) in [5, 5.41) is 4.17. The minimum atomic E-state index is -0.00736. The number of nitrogens with one attached hydrogen (secondary N) is 2. The van der Waals surface area contributed by atoms with Crippen molar-refractivity contribution in [2.75, 3.05) is 26.0 Å². The average Bonchev–Trinajstić information content (AvgIpc) is 2.97. The van der Waals surface area contributed by atoms with Gasteiger partial charge >= 0.3 is 0 Å². The number of carbonyl (C=O) groups excluding carboxylic acids is 1. The van der Waals surface area contributed by atoms with Crippen molar-refractivity contribution >= 4 is 38.4 Å². The minimum absolute atomic E-state index is 0.00736. The largest absolute Gasteiger partial charge is 0.361 e. The zero-order valence-electron chi connectivity index (χ0n) is 14.5. The Hall–Kier alpha value is -2.11. The van der Waals surface area contributed by atoms with Crippen LogP contribution >= 0.6 is 15.9 Å². The number of hydrogen-bond acceptors (Lipinski definition) is 2. The van der Waals surface area contributed by atoms with E-state index in [0.29, 0.717) is 6.42 Å². The van der Waals surface area contributed by atoms with Gasteiger partial charge in [-0.2, -0.15) is 0 Å². The Morgan fingerprint density at radius 2 is 1.92 bits per heavy atom. The maximum Gasteiger partial charge on any atom is 0.228 e. The fourth-order valence-corrected chi connectivity index (χ4v) is 3.06. The van der Waals surface area contributed by atoms with Gasteiger partial charge in [0.05, 0.1) is 6.42 Å². The predicted octanol–water partition coefficient (Wildman–Crippen LogP) is 4.22. The molecule has 1 amide bonds. The fraction of sp³-hybridized carbons (Fsp3) is 0.250. The molecule has 0 aliphatic rings. The average molecular weight is 400 g/mol. The van der Waals surface area contributed by atoms with Gasteiger partial charge in [0, 0.05) is 33.8 Å². The number of nitrogens with zero attached hydrogens (tertiary/aromatic N) is 1. The highest BCUT2D eigenvalue weighted by Crippen LogP contribution is 2.23. The third-order valence-corrected chi connectivity index (χ3v) is 4.69. The molecule has 0 aliphatic carbocycles. The number of halogens is 1. The maximum atomic E-state index is 12.3. The third kappa shape index (κ3) is 4.71. The van der Waals surface area contributed by atoms with Gasteiger partial charge in [-0.15, -0.1) is 0 Å². The van der Waals surface area contributed by atoms with E-state index in [1.165, 1.54) is 10.9 Å². The Morgan fingerprint density at radius 1 is 1.16 bits per heavy atom. The molecule has 0 radical (unpaired) electrons. The van der Waals surface area contributed by atoms with Crippen LogP contribution in [0.2, 0.25) is 0 Å². The number of anilines is 1. The van der Waals surface area contributed by atoms with E-state index in [0.717, 1.165) is 34.2 Å². The van der Waals surface area contributed by atoms with Crippen molar-refractivity contribution in [3.8, 4) is 0 Å². The molecular formula is C20H22BrN3O. The Morgan fingerprint density at radius 3 is 2.64 bits per heavy atom. The summed E-state index contributed by atoms with van der Waals surface area (Å²) in [6.07, 6.45) is 3.40. The number of H-pyrrole nitrogens is 1. The number of amides is 1. The molecule has 3 rings (SSSR count). The van der Waals surface area contributed by atoms with E-state index in [2.05, 4.69) is 57.5 Å². The van der Waals surface area contributed by atoms with Crippen molar-refractivity contribution in [3.05, 3.63) is 64.3 Å². The molecule has 2 aromatic carbocycles. The quantitative estimate of drug-likeness (QED) is 0.651. The van der Waals surface area contributed by atoms with Gasteiger partial charge < -0.3 is 15.2 Å². The highest BCUT2D eigenvalue weighted by atomic mass is 79.9. The van der Waals surface area contributed by atoms with Crippen LogP contribution in [0.15, 0.2) is 53.1 Å². The molecule has 0 atom stereocenters. The molecule has 0 bridgehead atoms. The van der Waals surface area contributed by atoms with Crippen molar-refractivity contribution in [2.45, 2.75) is 12.8 Å². The van der Waals surface area contributed by atoms with E-state index in [1.54, 1.807) is 0 Å². The van der Waals surface area contributed by atoms with Crippen LogP contribution in [0.1, 0.15) is 11.1 Å². The van der Waals surface area contributed by atoms with Crippen molar-refractivity contribution in [1.82, 2.24) is 9.88 Å². The van der Waals surface area contributed by atoms with Gasteiger partial charge in [0.15, 0.2) is 0 Å². The smallest absolute Gasteiger partial charge is 0.228 e. The van der Waals surface area contributed by atoms with E-state index < -0.39 is 0 Å². The minimum Gasteiger partial charge on any atom is -0.361 e. The first-order chi connectivity index (χ1) is 12.0. The summed E-state index contributed by atoms with van der Waals surface area (Å²) < 4.78 is 1.01. The van der Waals surface area contributed by atoms with Crippen LogP contribution in [-0.2, 0) is 17.6 Å². The molecule has 2 N–H and O–H groups in total. The van der Waals surface area contributed by atoms with Crippen LogP contribution in [-0.4, -0.2) is 36.4 Å². The number of likely N-dealkylation sites (N-methyl/N-ethyl adjacent to an activating group) is 1. The Bertz CT molecular complexity index is 868. The van der Waals surface area contributed by atoms with Gasteiger partial charge in [-0.3, -0.25) is 4.79 Å². The number of rotatable bonds is 6. The lowest BCUT2D eigenvalue weighted by atomic mass is 10.1. The normalized spacial score (nSPS) is 11.2. The lowest BCUT2D eigenvalue weighted by molar-refractivity contribution is -0.115. The van der Waals surface area contributed by atoms with E-state index in [9.17, 15) is 4.79 Å². The molecule has 0 saturated heterocycles. The molecule has 0 aliphatic heterocycles. The zero-order valence-corrected chi connectivity index (χ0v) is 16.1. The summed E-state index contributed by atoms with van der Waals surface area (Å²) in [6, 6.07) is 13.8. The van der Waals surface area contributed by atoms with Crippen LogP contribution in [0.3, 0.4) is 0 Å². The van der Waals surface area contributed by atoms with E-state index in [-0.39, 0.29) is 5.91 Å². The van der Waals surface area contributed by atoms with E-state index >= 15 is 0 Å². The maximum absolute atomic E-state index is 12.3. The number of aromatic amines is 1. The lowest BCUT2D eigenvalue weighted by Gasteiger charge is -2.09. The molecule has 5 heteroatoms. The highest BCUT2D eigenvalue weighted by molar-refractivity contribution is 9.10. The Balaban J connectivity index is 1.71. The summed E-state index contributed by atoms with van der Waals surface area (Å²) in [5.41, 5.74) is 4.20. The Labute approximate surface area is 156 Å². The van der Waals surface area contributed by atoms with Crippen LogP contribution in [0, 0.1) is 0 Å². The fourth-order valence-electron chi connectivity index (χ4n) is 2.80. The zero-order chi connectivity index (χ0) is 17.8. The summed E-state index contributed by atoms with van der Waals surface area (Å²) >= 11 is 3.41. The van der Waals surface area contributed by atoms with Crippen molar-refractivity contribution in [1.29, 1.82) is 0 Å². The first-order valence-electron chi connectivity index (χ1n) is 8.30. The van der Waals surface area contributed by atoms with Gasteiger partial charge in [-0.25, -0.2) is 0 Å². The molecule has 0 fully saturated rings. The second-order valence-corrected chi connectivity index (χ2v) is 7.39. The Kier molecular flexibility index (Phi) is 5.56. The summed E-state index contributed by atoms with van der Waals surface area (Å²) in [4.78, 5) is 17.8. The first-order valence-corrected chi connectivity index (χ1v) is 9.09. The number of benzene rings is 2.